The van der Waals surface area contributed by atoms with E-state index >= 15 is 0 Å². The second kappa shape index (κ2) is 3.70. The molecule has 0 aliphatic carbocycles. The van der Waals surface area contributed by atoms with Gasteiger partial charge < -0.3 is 10.2 Å². The highest BCUT2D eigenvalue weighted by Crippen LogP contribution is 2.22. The van der Waals surface area contributed by atoms with Crippen LogP contribution in [0.1, 0.15) is 34.6 Å². The molecule has 1 N–H and O–H groups in total. The molecule has 0 aromatic heterocycles. The van der Waals surface area contributed by atoms with Crippen LogP contribution >= 0.6 is 0 Å². The Hall–Kier alpha value is -0.500. The summed E-state index contributed by atoms with van der Waals surface area (Å²) in [6, 6.07) is 0. The van der Waals surface area contributed by atoms with Gasteiger partial charge in [-0.05, 0) is 34.6 Å². The van der Waals surface area contributed by atoms with Gasteiger partial charge in [-0.3, -0.25) is 0 Å². The van der Waals surface area contributed by atoms with Crippen molar-refractivity contribution in [3.63, 3.8) is 0 Å². The first kappa shape index (κ1) is 10.6. The average molecular weight is 182 g/mol. The molecule has 1 fully saturated rings. The number of nitrogens with one attached hydrogen (secondary N) is 1. The van der Waals surface area contributed by atoms with Gasteiger partial charge in [0.25, 0.3) is 0 Å². The van der Waals surface area contributed by atoms with Crippen molar-refractivity contribution in [1.29, 1.82) is 0 Å². The Morgan fingerprint density at radius 3 is 2.31 bits per heavy atom. The lowest BCUT2D eigenvalue weighted by Crippen LogP contribution is -2.50. The third-order valence-corrected chi connectivity index (χ3v) is 2.52. The van der Waals surface area contributed by atoms with Gasteiger partial charge in [0, 0.05) is 30.9 Å². The molecule has 0 amide bonds. The Morgan fingerprint density at radius 1 is 1.31 bits per heavy atom. The SMILES string of the molecule is CC(C)=C1CNCCN1C(C)(C)C. The van der Waals surface area contributed by atoms with Gasteiger partial charge in [0.2, 0.25) is 0 Å². The Labute approximate surface area is 82.0 Å². The molecule has 2 heteroatoms. The van der Waals surface area contributed by atoms with Crippen molar-refractivity contribution in [2.24, 2.45) is 0 Å². The van der Waals surface area contributed by atoms with Crippen molar-refractivity contribution in [3.8, 4) is 0 Å². The summed E-state index contributed by atoms with van der Waals surface area (Å²) in [5.41, 5.74) is 3.16. The lowest BCUT2D eigenvalue weighted by molar-refractivity contribution is 0.162. The normalized spacial score (nSPS) is 19.2. The number of allylic oxidation sites excluding steroid dienone is 1. The van der Waals surface area contributed by atoms with Crippen LogP contribution in [0.25, 0.3) is 0 Å². The van der Waals surface area contributed by atoms with Crippen LogP contribution in [0.3, 0.4) is 0 Å². The Morgan fingerprint density at radius 2 is 1.92 bits per heavy atom. The number of nitrogens with zero attached hydrogens (tertiary/aromatic N) is 1. The monoisotopic (exact) mass is 182 g/mol. The fraction of sp³-hybridized carbons (Fsp3) is 0.818. The molecule has 0 unspecified atom stereocenters. The third kappa shape index (κ3) is 2.47. The summed E-state index contributed by atoms with van der Waals surface area (Å²) >= 11 is 0. The lowest BCUT2D eigenvalue weighted by Gasteiger charge is -2.43. The molecule has 0 aromatic rings. The van der Waals surface area contributed by atoms with Gasteiger partial charge in [-0.1, -0.05) is 5.57 Å². The zero-order valence-corrected chi connectivity index (χ0v) is 9.57. The van der Waals surface area contributed by atoms with Gasteiger partial charge in [-0.25, -0.2) is 0 Å². The Bertz CT molecular complexity index is 207. The van der Waals surface area contributed by atoms with Crippen molar-refractivity contribution >= 4 is 0 Å². The molecule has 1 aliphatic heterocycles. The van der Waals surface area contributed by atoms with Gasteiger partial charge in [-0.15, -0.1) is 0 Å². The summed E-state index contributed by atoms with van der Waals surface area (Å²) in [6.07, 6.45) is 0. The van der Waals surface area contributed by atoms with Crippen molar-refractivity contribution in [2.45, 2.75) is 40.2 Å². The minimum Gasteiger partial charge on any atom is -0.368 e. The summed E-state index contributed by atoms with van der Waals surface area (Å²) < 4.78 is 0. The average Bonchev–Trinajstić information content (AvgIpc) is 2.03. The molecule has 0 bridgehead atoms. The number of rotatable bonds is 0. The highest BCUT2D eigenvalue weighted by atomic mass is 15.2. The maximum absolute atomic E-state index is 3.42. The lowest BCUT2D eigenvalue weighted by atomic mass is 10.0. The van der Waals surface area contributed by atoms with E-state index in [1.807, 2.05) is 0 Å². The molecule has 13 heavy (non-hydrogen) atoms. The van der Waals surface area contributed by atoms with Crippen molar-refractivity contribution < 1.29 is 0 Å². The van der Waals surface area contributed by atoms with E-state index in [0.29, 0.717) is 0 Å². The van der Waals surface area contributed by atoms with E-state index in [1.165, 1.54) is 11.3 Å². The van der Waals surface area contributed by atoms with Gasteiger partial charge in [0.05, 0.1) is 0 Å². The highest BCUT2D eigenvalue weighted by Gasteiger charge is 2.25. The maximum Gasteiger partial charge on any atom is 0.0356 e. The summed E-state index contributed by atoms with van der Waals surface area (Å²) in [7, 11) is 0. The molecule has 0 atom stereocenters. The van der Waals surface area contributed by atoms with Gasteiger partial charge in [0.1, 0.15) is 0 Å². The molecule has 2 nitrogen and oxygen atoms in total. The number of hydrogen-bond acceptors (Lipinski definition) is 2. The minimum absolute atomic E-state index is 0.259. The van der Waals surface area contributed by atoms with Gasteiger partial charge in [-0.2, -0.15) is 0 Å². The number of piperazine rings is 1. The molecule has 0 saturated carbocycles. The minimum atomic E-state index is 0.259. The first-order chi connectivity index (χ1) is 5.93. The molecule has 0 aromatic carbocycles. The summed E-state index contributed by atoms with van der Waals surface area (Å²) in [5, 5.41) is 3.42. The Kier molecular flexibility index (Phi) is 3.01. The smallest absolute Gasteiger partial charge is 0.0356 e. The largest absolute Gasteiger partial charge is 0.368 e. The molecule has 76 valence electrons. The van der Waals surface area contributed by atoms with E-state index in [9.17, 15) is 0 Å². The summed E-state index contributed by atoms with van der Waals surface area (Å²) in [4.78, 5) is 2.51. The van der Waals surface area contributed by atoms with Crippen molar-refractivity contribution in [3.05, 3.63) is 11.3 Å². The van der Waals surface area contributed by atoms with Crippen LogP contribution in [-0.2, 0) is 0 Å². The first-order valence-corrected chi connectivity index (χ1v) is 5.07. The first-order valence-electron chi connectivity index (χ1n) is 5.07. The molecule has 0 radical (unpaired) electrons. The van der Waals surface area contributed by atoms with Crippen LogP contribution in [0.2, 0.25) is 0 Å². The van der Waals surface area contributed by atoms with Gasteiger partial charge in [0.15, 0.2) is 0 Å². The van der Waals surface area contributed by atoms with Crippen LogP contribution in [0.15, 0.2) is 11.3 Å². The van der Waals surface area contributed by atoms with E-state index in [2.05, 4.69) is 44.8 Å². The summed E-state index contributed by atoms with van der Waals surface area (Å²) in [5.74, 6) is 0. The maximum atomic E-state index is 3.42. The predicted octanol–water partition coefficient (Wildman–Crippen LogP) is 1.98. The van der Waals surface area contributed by atoms with Crippen molar-refractivity contribution in [1.82, 2.24) is 10.2 Å². The number of hydrogen-bond donors (Lipinski definition) is 1. The topological polar surface area (TPSA) is 15.3 Å². The Balaban J connectivity index is 2.87. The standard InChI is InChI=1S/C11H22N2/c1-9(2)10-8-12-6-7-13(10)11(3,4)5/h12H,6-8H2,1-5H3. The molecule has 1 saturated heterocycles. The van der Waals surface area contributed by atoms with Crippen molar-refractivity contribution in [2.75, 3.05) is 19.6 Å². The van der Waals surface area contributed by atoms with Crippen LogP contribution < -0.4 is 5.32 Å². The van der Waals surface area contributed by atoms with Crippen LogP contribution in [-0.4, -0.2) is 30.1 Å². The van der Waals surface area contributed by atoms with Crippen LogP contribution in [0.4, 0.5) is 0 Å². The predicted molar refractivity (Wildman–Crippen MR) is 57.7 cm³/mol. The van der Waals surface area contributed by atoms with E-state index in [1.54, 1.807) is 0 Å². The van der Waals surface area contributed by atoms with Crippen LogP contribution in [0, 0.1) is 0 Å². The molecular formula is C11H22N2. The van der Waals surface area contributed by atoms with Gasteiger partial charge >= 0.3 is 0 Å². The second-order valence-electron chi connectivity index (χ2n) is 4.95. The van der Waals surface area contributed by atoms with E-state index in [4.69, 9.17) is 0 Å². The quantitative estimate of drug-likeness (QED) is 0.616. The van der Waals surface area contributed by atoms with E-state index in [-0.39, 0.29) is 5.54 Å². The molecule has 1 heterocycles. The zero-order valence-electron chi connectivity index (χ0n) is 9.57. The zero-order chi connectivity index (χ0) is 10.1. The highest BCUT2D eigenvalue weighted by molar-refractivity contribution is 5.15. The fourth-order valence-electron chi connectivity index (χ4n) is 1.82. The molecule has 1 rings (SSSR count). The third-order valence-electron chi connectivity index (χ3n) is 2.52. The van der Waals surface area contributed by atoms with Crippen LogP contribution in [0.5, 0.6) is 0 Å². The fourth-order valence-corrected chi connectivity index (χ4v) is 1.82. The molecule has 0 spiro atoms. The van der Waals surface area contributed by atoms with E-state index in [0.717, 1.165) is 19.6 Å². The molecular weight excluding hydrogens is 160 g/mol. The summed E-state index contributed by atoms with van der Waals surface area (Å²) in [6.45, 7) is 14.5. The van der Waals surface area contributed by atoms with E-state index < -0.39 is 0 Å². The molecule has 1 aliphatic rings. The second-order valence-corrected chi connectivity index (χ2v) is 4.95.